The van der Waals surface area contributed by atoms with E-state index < -0.39 is 5.54 Å². The highest BCUT2D eigenvalue weighted by atomic mass is 16.2. The van der Waals surface area contributed by atoms with E-state index in [2.05, 4.69) is 29.3 Å². The number of hydrogen-bond acceptors (Lipinski definition) is 3. The van der Waals surface area contributed by atoms with Crippen LogP contribution in [0.4, 0.5) is 5.69 Å². The predicted molar refractivity (Wildman–Crippen MR) is 94.2 cm³/mol. The minimum Gasteiger partial charge on any atom is -0.324 e. The third kappa shape index (κ3) is 3.93. The monoisotopic (exact) mass is 315 g/mol. The number of nitrogens with one attached hydrogen (secondary N) is 1. The van der Waals surface area contributed by atoms with Crippen LogP contribution in [0.3, 0.4) is 0 Å². The average Bonchev–Trinajstić information content (AvgIpc) is 3.00. The maximum Gasteiger partial charge on any atom is 0.244 e. The van der Waals surface area contributed by atoms with Gasteiger partial charge in [-0.1, -0.05) is 31.4 Å². The van der Waals surface area contributed by atoms with Crippen LogP contribution >= 0.6 is 0 Å². The zero-order valence-corrected chi connectivity index (χ0v) is 14.2. The summed E-state index contributed by atoms with van der Waals surface area (Å²) in [4.78, 5) is 14.9. The number of carbonyl (C=O) groups is 1. The Balaban J connectivity index is 1.57. The molecular formula is C19H29N3O. The lowest BCUT2D eigenvalue weighted by Crippen LogP contribution is -2.48. The number of rotatable bonds is 4. The SMILES string of the molecule is CC1CCCCN1Cc1ccc(NC(=O)C2(N)CCCC2)cc1. The average molecular weight is 315 g/mol. The van der Waals surface area contributed by atoms with Gasteiger partial charge in [0.15, 0.2) is 0 Å². The van der Waals surface area contributed by atoms with Gasteiger partial charge in [0.05, 0.1) is 5.54 Å². The molecule has 0 spiro atoms. The number of amides is 1. The van der Waals surface area contributed by atoms with Gasteiger partial charge in [0.2, 0.25) is 5.91 Å². The summed E-state index contributed by atoms with van der Waals surface area (Å²) in [6.07, 6.45) is 7.65. The van der Waals surface area contributed by atoms with Crippen molar-refractivity contribution in [3.05, 3.63) is 29.8 Å². The number of benzene rings is 1. The summed E-state index contributed by atoms with van der Waals surface area (Å²) in [5, 5.41) is 2.99. The molecule has 1 heterocycles. The highest BCUT2D eigenvalue weighted by Gasteiger charge is 2.36. The quantitative estimate of drug-likeness (QED) is 0.896. The zero-order chi connectivity index (χ0) is 16.3. The summed E-state index contributed by atoms with van der Waals surface area (Å²) in [5.74, 6) is -0.0348. The van der Waals surface area contributed by atoms with E-state index in [1.54, 1.807) is 0 Å². The summed E-state index contributed by atoms with van der Waals surface area (Å²) < 4.78 is 0. The molecule has 4 nitrogen and oxygen atoms in total. The van der Waals surface area contributed by atoms with Crippen LogP contribution in [0.5, 0.6) is 0 Å². The first-order valence-electron chi connectivity index (χ1n) is 9.00. The van der Waals surface area contributed by atoms with E-state index in [1.165, 1.54) is 31.4 Å². The van der Waals surface area contributed by atoms with Crippen LogP contribution in [0.1, 0.15) is 57.4 Å². The van der Waals surface area contributed by atoms with Gasteiger partial charge in [-0.25, -0.2) is 0 Å². The number of nitrogens with two attached hydrogens (primary N) is 1. The lowest BCUT2D eigenvalue weighted by molar-refractivity contribution is -0.121. The molecule has 1 atom stereocenters. The van der Waals surface area contributed by atoms with Gasteiger partial charge >= 0.3 is 0 Å². The van der Waals surface area contributed by atoms with Crippen LogP contribution in [-0.2, 0) is 11.3 Å². The maximum absolute atomic E-state index is 12.3. The number of anilines is 1. The lowest BCUT2D eigenvalue weighted by Gasteiger charge is -2.33. The van der Waals surface area contributed by atoms with Gasteiger partial charge in [-0.2, -0.15) is 0 Å². The number of nitrogens with zero attached hydrogens (tertiary/aromatic N) is 1. The molecule has 1 aliphatic heterocycles. The van der Waals surface area contributed by atoms with Crippen molar-refractivity contribution in [3.8, 4) is 0 Å². The Morgan fingerprint density at radius 1 is 1.22 bits per heavy atom. The molecule has 2 aliphatic rings. The summed E-state index contributed by atoms with van der Waals surface area (Å²) in [6, 6.07) is 8.91. The van der Waals surface area contributed by atoms with E-state index in [0.717, 1.165) is 37.9 Å². The fourth-order valence-corrected chi connectivity index (χ4v) is 3.81. The largest absolute Gasteiger partial charge is 0.324 e. The Kier molecular flexibility index (Phi) is 5.02. The Morgan fingerprint density at radius 3 is 2.57 bits per heavy atom. The normalized spacial score (nSPS) is 24.5. The van der Waals surface area contributed by atoms with Gasteiger partial charge < -0.3 is 11.1 Å². The Hall–Kier alpha value is -1.39. The molecule has 1 saturated carbocycles. The van der Waals surface area contributed by atoms with E-state index in [9.17, 15) is 4.79 Å². The smallest absolute Gasteiger partial charge is 0.244 e. The van der Waals surface area contributed by atoms with Crippen LogP contribution < -0.4 is 11.1 Å². The highest BCUT2D eigenvalue weighted by molar-refractivity contribution is 5.98. The van der Waals surface area contributed by atoms with Crippen molar-refractivity contribution in [3.63, 3.8) is 0 Å². The molecule has 126 valence electrons. The predicted octanol–water partition coefficient (Wildman–Crippen LogP) is 3.27. The van der Waals surface area contributed by atoms with Gasteiger partial charge in [-0.15, -0.1) is 0 Å². The highest BCUT2D eigenvalue weighted by Crippen LogP contribution is 2.28. The fourth-order valence-electron chi connectivity index (χ4n) is 3.81. The molecular weight excluding hydrogens is 286 g/mol. The van der Waals surface area contributed by atoms with Crippen molar-refractivity contribution in [2.24, 2.45) is 5.73 Å². The standard InChI is InChI=1S/C19H29N3O/c1-15-6-2-5-13-22(15)14-16-7-9-17(10-8-16)21-18(23)19(20)11-3-4-12-19/h7-10,15H,2-6,11-14,20H2,1H3,(H,21,23). The number of piperidine rings is 1. The first kappa shape index (κ1) is 16.5. The first-order valence-corrected chi connectivity index (χ1v) is 9.00. The molecule has 1 aromatic carbocycles. The van der Waals surface area contributed by atoms with Gasteiger partial charge in [-0.3, -0.25) is 9.69 Å². The third-order valence-corrected chi connectivity index (χ3v) is 5.49. The van der Waals surface area contributed by atoms with Crippen LogP contribution in [0.25, 0.3) is 0 Å². The number of hydrogen-bond donors (Lipinski definition) is 2. The maximum atomic E-state index is 12.3. The molecule has 1 amide bonds. The second-order valence-corrected chi connectivity index (χ2v) is 7.33. The molecule has 1 aliphatic carbocycles. The van der Waals surface area contributed by atoms with Crippen LogP contribution in [-0.4, -0.2) is 28.9 Å². The summed E-state index contributed by atoms with van der Waals surface area (Å²) >= 11 is 0. The molecule has 3 rings (SSSR count). The third-order valence-electron chi connectivity index (χ3n) is 5.49. The molecule has 1 saturated heterocycles. The van der Waals surface area contributed by atoms with Crippen molar-refractivity contribution in [2.45, 2.75) is 70.0 Å². The molecule has 0 radical (unpaired) electrons. The molecule has 3 N–H and O–H groups in total. The zero-order valence-electron chi connectivity index (χ0n) is 14.2. The second-order valence-electron chi connectivity index (χ2n) is 7.33. The lowest BCUT2D eigenvalue weighted by atomic mass is 9.98. The van der Waals surface area contributed by atoms with Crippen LogP contribution in [0, 0.1) is 0 Å². The number of carbonyl (C=O) groups excluding carboxylic acids is 1. The van der Waals surface area contributed by atoms with Crippen molar-refractivity contribution >= 4 is 11.6 Å². The number of likely N-dealkylation sites (tertiary alicyclic amines) is 1. The van der Waals surface area contributed by atoms with E-state index in [-0.39, 0.29) is 5.91 Å². The van der Waals surface area contributed by atoms with E-state index in [0.29, 0.717) is 6.04 Å². The molecule has 0 bridgehead atoms. The summed E-state index contributed by atoms with van der Waals surface area (Å²) in [5.41, 5.74) is 7.69. The molecule has 1 aromatic rings. The summed E-state index contributed by atoms with van der Waals surface area (Å²) in [7, 11) is 0. The van der Waals surface area contributed by atoms with Crippen LogP contribution in [0.15, 0.2) is 24.3 Å². The van der Waals surface area contributed by atoms with Gasteiger partial charge in [0.25, 0.3) is 0 Å². The van der Waals surface area contributed by atoms with Crippen molar-refractivity contribution in [1.82, 2.24) is 4.90 Å². The van der Waals surface area contributed by atoms with Crippen molar-refractivity contribution in [1.29, 1.82) is 0 Å². The first-order chi connectivity index (χ1) is 11.1. The molecule has 23 heavy (non-hydrogen) atoms. The Bertz CT molecular complexity index is 534. The van der Waals surface area contributed by atoms with Crippen LogP contribution in [0.2, 0.25) is 0 Å². The van der Waals surface area contributed by atoms with E-state index in [1.807, 2.05) is 12.1 Å². The van der Waals surface area contributed by atoms with E-state index in [4.69, 9.17) is 5.73 Å². The van der Waals surface area contributed by atoms with Gasteiger partial charge in [-0.05, 0) is 56.8 Å². The Morgan fingerprint density at radius 2 is 1.91 bits per heavy atom. The molecule has 1 unspecified atom stereocenters. The van der Waals surface area contributed by atoms with Crippen molar-refractivity contribution < 1.29 is 4.79 Å². The van der Waals surface area contributed by atoms with Gasteiger partial charge in [0, 0.05) is 18.3 Å². The molecule has 2 fully saturated rings. The molecule has 4 heteroatoms. The second kappa shape index (κ2) is 7.02. The van der Waals surface area contributed by atoms with E-state index >= 15 is 0 Å². The topological polar surface area (TPSA) is 58.4 Å². The fraction of sp³-hybridized carbons (Fsp3) is 0.632. The minimum atomic E-state index is -0.665. The Labute approximate surface area is 139 Å². The van der Waals surface area contributed by atoms with Crippen molar-refractivity contribution in [2.75, 3.05) is 11.9 Å². The minimum absolute atomic E-state index is 0.0348. The van der Waals surface area contributed by atoms with Gasteiger partial charge in [0.1, 0.15) is 0 Å². The summed E-state index contributed by atoms with van der Waals surface area (Å²) in [6.45, 7) is 4.50. The molecule has 0 aromatic heterocycles.